The van der Waals surface area contributed by atoms with Crippen molar-refractivity contribution in [2.24, 2.45) is 5.92 Å². The Labute approximate surface area is 201 Å². The topological polar surface area (TPSA) is 40.4 Å². The molecule has 2 saturated heterocycles. The van der Waals surface area contributed by atoms with Crippen LogP contribution in [-0.4, -0.2) is 70.4 Å². The maximum absolute atomic E-state index is 6.80. The van der Waals surface area contributed by atoms with E-state index in [1.165, 1.54) is 19.4 Å². The van der Waals surface area contributed by atoms with Gasteiger partial charge in [0.25, 0.3) is 0 Å². The quantitative estimate of drug-likeness (QED) is 0.545. The predicted octanol–water partition coefficient (Wildman–Crippen LogP) is 4.26. The molecule has 0 spiro atoms. The molecule has 5 rings (SSSR count). The summed E-state index contributed by atoms with van der Waals surface area (Å²) in [6.07, 6.45) is 4.45. The van der Waals surface area contributed by atoms with Crippen molar-refractivity contribution in [3.05, 3.63) is 71.1 Å². The highest BCUT2D eigenvalue weighted by atomic mass is 35.5. The first kappa shape index (κ1) is 22.4. The molecule has 1 atom stereocenters. The molecule has 1 aromatic carbocycles. The van der Waals surface area contributed by atoms with Crippen LogP contribution in [0.15, 0.2) is 54.7 Å². The molecule has 4 heterocycles. The number of piperazine rings is 1. The molecule has 1 unspecified atom stereocenters. The summed E-state index contributed by atoms with van der Waals surface area (Å²) in [6.45, 7) is 10.7. The maximum atomic E-state index is 6.80. The van der Waals surface area contributed by atoms with Gasteiger partial charge in [-0.15, -0.1) is 0 Å². The SMILES string of the molecule is Cc1nn(-c2ccccc2)c(Cl)c1CN1CCCC(CN2CCN(c3ccccn3)CC2)C1. The fourth-order valence-corrected chi connectivity index (χ4v) is 5.52. The number of halogens is 1. The summed E-state index contributed by atoms with van der Waals surface area (Å²) < 4.78 is 1.87. The molecule has 0 saturated carbocycles. The highest BCUT2D eigenvalue weighted by Gasteiger charge is 2.26. The van der Waals surface area contributed by atoms with Crippen LogP contribution in [0.3, 0.4) is 0 Å². The molecule has 0 aliphatic carbocycles. The monoisotopic (exact) mass is 464 g/mol. The molecule has 7 heteroatoms. The summed E-state index contributed by atoms with van der Waals surface area (Å²) in [4.78, 5) is 12.1. The van der Waals surface area contributed by atoms with Gasteiger partial charge in [0.2, 0.25) is 0 Å². The van der Waals surface area contributed by atoms with Crippen molar-refractivity contribution in [3.63, 3.8) is 0 Å². The van der Waals surface area contributed by atoms with Crippen LogP contribution < -0.4 is 4.90 Å². The molecule has 2 aliphatic heterocycles. The molecule has 2 fully saturated rings. The van der Waals surface area contributed by atoms with Crippen molar-refractivity contribution in [3.8, 4) is 5.69 Å². The van der Waals surface area contributed by atoms with Crippen molar-refractivity contribution in [1.82, 2.24) is 24.6 Å². The van der Waals surface area contributed by atoms with E-state index in [2.05, 4.69) is 38.7 Å². The van der Waals surface area contributed by atoms with Gasteiger partial charge < -0.3 is 4.90 Å². The Morgan fingerprint density at radius 1 is 0.939 bits per heavy atom. The number of benzene rings is 1. The molecule has 0 N–H and O–H groups in total. The van der Waals surface area contributed by atoms with Crippen molar-refractivity contribution >= 4 is 17.4 Å². The standard InChI is InChI=1S/C26H33ClN6/c1-21-24(26(27)33(29-21)23-9-3-2-4-10-23)20-31-13-7-8-22(19-31)18-30-14-16-32(17-15-30)25-11-5-6-12-28-25/h2-6,9-12,22H,7-8,13-20H2,1H3. The lowest BCUT2D eigenvalue weighted by atomic mass is 9.96. The number of pyridine rings is 1. The summed E-state index contributed by atoms with van der Waals surface area (Å²) in [5.41, 5.74) is 3.19. The second-order valence-electron chi connectivity index (χ2n) is 9.32. The molecule has 174 valence electrons. The van der Waals surface area contributed by atoms with Gasteiger partial charge in [0, 0.05) is 57.6 Å². The molecule has 6 nitrogen and oxygen atoms in total. The Morgan fingerprint density at radius 2 is 1.73 bits per heavy atom. The molecule has 2 aromatic heterocycles. The molecule has 0 radical (unpaired) electrons. The van der Waals surface area contributed by atoms with Crippen molar-refractivity contribution in [2.45, 2.75) is 26.3 Å². The van der Waals surface area contributed by atoms with Gasteiger partial charge in [-0.2, -0.15) is 5.10 Å². The van der Waals surface area contributed by atoms with Crippen LogP contribution in [0, 0.1) is 12.8 Å². The van der Waals surface area contributed by atoms with Crippen LogP contribution in [0.1, 0.15) is 24.1 Å². The number of aryl methyl sites for hydroxylation is 1. The molecule has 2 aliphatic rings. The molecule has 0 amide bonds. The first-order valence-electron chi connectivity index (χ1n) is 12.1. The van der Waals surface area contributed by atoms with E-state index >= 15 is 0 Å². The summed E-state index contributed by atoms with van der Waals surface area (Å²) in [7, 11) is 0. The first-order valence-corrected chi connectivity index (χ1v) is 12.5. The van der Waals surface area contributed by atoms with Crippen LogP contribution in [0.2, 0.25) is 5.15 Å². The Kier molecular flexibility index (Phi) is 6.95. The van der Waals surface area contributed by atoms with Crippen LogP contribution in [0.4, 0.5) is 5.82 Å². The zero-order valence-corrected chi connectivity index (χ0v) is 20.2. The van der Waals surface area contributed by atoms with E-state index in [1.807, 2.05) is 47.3 Å². The van der Waals surface area contributed by atoms with Gasteiger partial charge in [-0.3, -0.25) is 9.80 Å². The van der Waals surface area contributed by atoms with Gasteiger partial charge in [-0.25, -0.2) is 9.67 Å². The Balaban J connectivity index is 1.16. The lowest BCUT2D eigenvalue weighted by Crippen LogP contribution is -2.49. The molecular weight excluding hydrogens is 432 g/mol. The third kappa shape index (κ3) is 5.24. The maximum Gasteiger partial charge on any atom is 0.137 e. The van der Waals surface area contributed by atoms with Gasteiger partial charge in [-0.1, -0.05) is 35.9 Å². The largest absolute Gasteiger partial charge is 0.354 e. The average molecular weight is 465 g/mol. The second-order valence-corrected chi connectivity index (χ2v) is 9.68. The Bertz CT molecular complexity index is 1030. The van der Waals surface area contributed by atoms with Crippen molar-refractivity contribution in [2.75, 3.05) is 50.7 Å². The fourth-order valence-electron chi connectivity index (χ4n) is 5.18. The number of hydrogen-bond donors (Lipinski definition) is 0. The minimum absolute atomic E-state index is 0.711. The summed E-state index contributed by atoms with van der Waals surface area (Å²) in [5.74, 6) is 1.81. The fraction of sp³-hybridized carbons (Fsp3) is 0.462. The van der Waals surface area contributed by atoms with Crippen LogP contribution >= 0.6 is 11.6 Å². The Morgan fingerprint density at radius 3 is 2.48 bits per heavy atom. The van der Waals surface area contributed by atoms with Gasteiger partial charge in [-0.05, 0) is 56.5 Å². The number of hydrogen-bond acceptors (Lipinski definition) is 5. The predicted molar refractivity (Wildman–Crippen MR) is 134 cm³/mol. The van der Waals surface area contributed by atoms with Crippen LogP contribution in [0.5, 0.6) is 0 Å². The summed E-state index contributed by atoms with van der Waals surface area (Å²) >= 11 is 6.80. The molecule has 3 aromatic rings. The van der Waals surface area contributed by atoms with Gasteiger partial charge >= 0.3 is 0 Å². The molecular formula is C26H33ClN6. The summed E-state index contributed by atoms with van der Waals surface area (Å²) in [5, 5.41) is 5.47. The van der Waals surface area contributed by atoms with E-state index in [-0.39, 0.29) is 0 Å². The zero-order valence-electron chi connectivity index (χ0n) is 19.4. The number of likely N-dealkylation sites (tertiary alicyclic amines) is 1. The smallest absolute Gasteiger partial charge is 0.137 e. The van der Waals surface area contributed by atoms with Crippen LogP contribution in [0.25, 0.3) is 5.69 Å². The number of anilines is 1. The van der Waals surface area contributed by atoms with E-state index in [0.29, 0.717) is 5.92 Å². The number of aromatic nitrogens is 3. The summed E-state index contributed by atoms with van der Waals surface area (Å²) in [6, 6.07) is 16.3. The van der Waals surface area contributed by atoms with Gasteiger partial charge in [0.15, 0.2) is 0 Å². The van der Waals surface area contributed by atoms with E-state index in [9.17, 15) is 0 Å². The molecule has 33 heavy (non-hydrogen) atoms. The van der Waals surface area contributed by atoms with Crippen molar-refractivity contribution in [1.29, 1.82) is 0 Å². The minimum Gasteiger partial charge on any atom is -0.354 e. The minimum atomic E-state index is 0.711. The highest BCUT2D eigenvalue weighted by molar-refractivity contribution is 6.30. The van der Waals surface area contributed by atoms with Gasteiger partial charge in [0.1, 0.15) is 11.0 Å². The number of para-hydroxylation sites is 1. The normalized spacial score (nSPS) is 20.3. The molecule has 0 bridgehead atoms. The van der Waals surface area contributed by atoms with E-state index in [1.54, 1.807) is 0 Å². The van der Waals surface area contributed by atoms with Crippen LogP contribution in [-0.2, 0) is 6.54 Å². The first-order chi connectivity index (χ1) is 16.2. The average Bonchev–Trinajstić information content (AvgIpc) is 3.14. The third-order valence-electron chi connectivity index (χ3n) is 6.97. The van der Waals surface area contributed by atoms with E-state index < -0.39 is 0 Å². The number of nitrogens with zero attached hydrogens (tertiary/aromatic N) is 6. The number of piperidine rings is 1. The van der Waals surface area contributed by atoms with Gasteiger partial charge in [0.05, 0.1) is 11.4 Å². The third-order valence-corrected chi connectivity index (χ3v) is 7.36. The van der Waals surface area contributed by atoms with Crippen molar-refractivity contribution < 1.29 is 0 Å². The Hall–Kier alpha value is -2.41. The van der Waals surface area contributed by atoms with E-state index in [0.717, 1.165) is 73.7 Å². The lowest BCUT2D eigenvalue weighted by Gasteiger charge is -2.39. The zero-order chi connectivity index (χ0) is 22.6. The second kappa shape index (κ2) is 10.2. The highest BCUT2D eigenvalue weighted by Crippen LogP contribution is 2.27. The van der Waals surface area contributed by atoms with E-state index in [4.69, 9.17) is 16.7 Å². The number of rotatable bonds is 6. The lowest BCUT2D eigenvalue weighted by molar-refractivity contribution is 0.124.